The van der Waals surface area contributed by atoms with Crippen molar-refractivity contribution >= 4 is 0 Å². The van der Waals surface area contributed by atoms with Crippen molar-refractivity contribution in [2.75, 3.05) is 0 Å². The van der Waals surface area contributed by atoms with Gasteiger partial charge in [0.1, 0.15) is 0 Å². The molecule has 0 saturated carbocycles. The zero-order chi connectivity index (χ0) is 6.27. The zero-order valence-corrected chi connectivity index (χ0v) is 5.31. The third-order valence-electron chi connectivity index (χ3n) is 1.80. The predicted octanol–water partition coefficient (Wildman–Crippen LogP) is 0.574. The highest BCUT2D eigenvalue weighted by molar-refractivity contribution is 5.24. The van der Waals surface area contributed by atoms with Crippen molar-refractivity contribution in [3.05, 3.63) is 17.5 Å². The molecule has 3 heteroatoms. The first-order chi connectivity index (χ1) is 4.38. The van der Waals surface area contributed by atoms with Gasteiger partial charge in [0.15, 0.2) is 0 Å². The van der Waals surface area contributed by atoms with Crippen molar-refractivity contribution in [2.24, 2.45) is 0 Å². The standard InChI is InChI=1S/C6H9N3/c1-4-5-2-8-9-6(5)3-7-4/h2,4,7H,3H2,1H3,(H,8,9)/t4-/m1/s1. The Labute approximate surface area is 53.5 Å². The van der Waals surface area contributed by atoms with Gasteiger partial charge in [0.25, 0.3) is 0 Å². The summed E-state index contributed by atoms with van der Waals surface area (Å²) in [6.07, 6.45) is 1.89. The number of aromatic amines is 1. The molecule has 0 aromatic carbocycles. The Morgan fingerprint density at radius 3 is 3.44 bits per heavy atom. The van der Waals surface area contributed by atoms with Crippen LogP contribution in [-0.2, 0) is 6.54 Å². The molecule has 0 aliphatic carbocycles. The fraction of sp³-hybridized carbons (Fsp3) is 0.500. The van der Waals surface area contributed by atoms with Crippen LogP contribution in [0.2, 0.25) is 0 Å². The quantitative estimate of drug-likeness (QED) is 0.529. The van der Waals surface area contributed by atoms with Crippen molar-refractivity contribution in [1.29, 1.82) is 0 Å². The van der Waals surface area contributed by atoms with Crippen LogP contribution >= 0.6 is 0 Å². The van der Waals surface area contributed by atoms with Crippen LogP contribution in [0.25, 0.3) is 0 Å². The number of hydrogen-bond acceptors (Lipinski definition) is 2. The summed E-state index contributed by atoms with van der Waals surface area (Å²) in [7, 11) is 0. The van der Waals surface area contributed by atoms with Gasteiger partial charge in [-0.25, -0.2) is 0 Å². The Balaban J connectivity index is 2.49. The maximum atomic E-state index is 3.93. The van der Waals surface area contributed by atoms with E-state index in [1.165, 1.54) is 11.3 Å². The summed E-state index contributed by atoms with van der Waals surface area (Å²) in [5.41, 5.74) is 2.55. The van der Waals surface area contributed by atoms with Gasteiger partial charge in [-0.3, -0.25) is 5.10 Å². The van der Waals surface area contributed by atoms with Gasteiger partial charge >= 0.3 is 0 Å². The predicted molar refractivity (Wildman–Crippen MR) is 33.8 cm³/mol. The van der Waals surface area contributed by atoms with Crippen molar-refractivity contribution in [2.45, 2.75) is 19.5 Å². The van der Waals surface area contributed by atoms with Gasteiger partial charge in [-0.05, 0) is 6.92 Å². The Bertz CT molecular complexity index is 216. The normalized spacial score (nSPS) is 24.3. The molecule has 2 rings (SSSR count). The molecule has 0 amide bonds. The molecule has 2 N–H and O–H groups in total. The smallest absolute Gasteiger partial charge is 0.0538 e. The summed E-state index contributed by atoms with van der Waals surface area (Å²) < 4.78 is 0. The van der Waals surface area contributed by atoms with Gasteiger partial charge in [0.2, 0.25) is 0 Å². The third-order valence-corrected chi connectivity index (χ3v) is 1.80. The van der Waals surface area contributed by atoms with E-state index < -0.39 is 0 Å². The molecular weight excluding hydrogens is 114 g/mol. The van der Waals surface area contributed by atoms with Crippen LogP contribution in [0.1, 0.15) is 24.2 Å². The molecular formula is C6H9N3. The number of nitrogens with one attached hydrogen (secondary N) is 2. The van der Waals surface area contributed by atoms with Crippen molar-refractivity contribution in [3.8, 4) is 0 Å². The highest BCUT2D eigenvalue weighted by atomic mass is 15.1. The average Bonchev–Trinajstić information content (AvgIpc) is 2.35. The first-order valence-corrected chi connectivity index (χ1v) is 3.13. The number of rotatable bonds is 0. The van der Waals surface area contributed by atoms with E-state index in [0.717, 1.165) is 6.54 Å². The number of aromatic nitrogens is 2. The van der Waals surface area contributed by atoms with E-state index in [4.69, 9.17) is 0 Å². The first-order valence-electron chi connectivity index (χ1n) is 3.13. The topological polar surface area (TPSA) is 40.7 Å². The minimum Gasteiger partial charge on any atom is -0.304 e. The lowest BCUT2D eigenvalue weighted by Gasteiger charge is -1.98. The Morgan fingerprint density at radius 2 is 2.67 bits per heavy atom. The van der Waals surface area contributed by atoms with Crippen LogP contribution in [0.15, 0.2) is 6.20 Å². The van der Waals surface area contributed by atoms with Gasteiger partial charge < -0.3 is 5.32 Å². The van der Waals surface area contributed by atoms with Crippen LogP contribution in [-0.4, -0.2) is 10.2 Å². The molecule has 1 aromatic rings. The minimum absolute atomic E-state index is 0.485. The largest absolute Gasteiger partial charge is 0.304 e. The van der Waals surface area contributed by atoms with Crippen LogP contribution in [0, 0.1) is 0 Å². The van der Waals surface area contributed by atoms with Crippen molar-refractivity contribution < 1.29 is 0 Å². The van der Waals surface area contributed by atoms with Gasteiger partial charge in [-0.15, -0.1) is 0 Å². The van der Waals surface area contributed by atoms with Gasteiger partial charge in [-0.1, -0.05) is 0 Å². The van der Waals surface area contributed by atoms with Crippen LogP contribution in [0.3, 0.4) is 0 Å². The Kier molecular flexibility index (Phi) is 0.873. The number of H-pyrrole nitrogens is 1. The van der Waals surface area contributed by atoms with Crippen molar-refractivity contribution in [3.63, 3.8) is 0 Å². The van der Waals surface area contributed by atoms with E-state index in [2.05, 4.69) is 22.4 Å². The molecule has 2 heterocycles. The highest BCUT2D eigenvalue weighted by Crippen LogP contribution is 2.21. The number of fused-ring (bicyclic) bond motifs is 1. The number of hydrogen-bond donors (Lipinski definition) is 2. The van der Waals surface area contributed by atoms with Crippen LogP contribution in [0.4, 0.5) is 0 Å². The van der Waals surface area contributed by atoms with Crippen molar-refractivity contribution in [1.82, 2.24) is 15.5 Å². The molecule has 0 unspecified atom stereocenters. The summed E-state index contributed by atoms with van der Waals surface area (Å²) in [5, 5.41) is 10.2. The van der Waals surface area contributed by atoms with E-state index in [0.29, 0.717) is 6.04 Å². The van der Waals surface area contributed by atoms with Crippen LogP contribution < -0.4 is 5.32 Å². The van der Waals surface area contributed by atoms with Gasteiger partial charge in [0, 0.05) is 18.2 Å². The van der Waals surface area contributed by atoms with E-state index in [1.54, 1.807) is 0 Å². The minimum atomic E-state index is 0.485. The lowest BCUT2D eigenvalue weighted by molar-refractivity contribution is 0.624. The molecule has 1 aliphatic heterocycles. The molecule has 0 bridgehead atoms. The van der Waals surface area contributed by atoms with Crippen LogP contribution in [0.5, 0.6) is 0 Å². The second-order valence-corrected chi connectivity index (χ2v) is 2.41. The second-order valence-electron chi connectivity index (χ2n) is 2.41. The summed E-state index contributed by atoms with van der Waals surface area (Å²) >= 11 is 0. The highest BCUT2D eigenvalue weighted by Gasteiger charge is 2.18. The molecule has 3 nitrogen and oxygen atoms in total. The van der Waals surface area contributed by atoms with E-state index in [9.17, 15) is 0 Å². The SMILES string of the molecule is C[C@H]1NCc2[nH]ncc21. The third kappa shape index (κ3) is 0.580. The van der Waals surface area contributed by atoms with E-state index in [1.807, 2.05) is 6.20 Å². The maximum Gasteiger partial charge on any atom is 0.0538 e. The Hall–Kier alpha value is -0.830. The molecule has 48 valence electrons. The summed E-state index contributed by atoms with van der Waals surface area (Å²) in [6.45, 7) is 3.08. The first kappa shape index (κ1) is 4.99. The lowest BCUT2D eigenvalue weighted by atomic mass is 10.2. The maximum absolute atomic E-state index is 3.93. The molecule has 0 radical (unpaired) electrons. The molecule has 1 aliphatic rings. The summed E-state index contributed by atoms with van der Waals surface area (Å²) in [5.74, 6) is 0. The fourth-order valence-electron chi connectivity index (χ4n) is 1.20. The second kappa shape index (κ2) is 1.57. The van der Waals surface area contributed by atoms with Gasteiger partial charge in [0.05, 0.1) is 11.9 Å². The molecule has 0 fully saturated rings. The molecule has 1 aromatic heterocycles. The monoisotopic (exact) mass is 123 g/mol. The molecule has 1 atom stereocenters. The Morgan fingerprint density at radius 1 is 1.78 bits per heavy atom. The zero-order valence-electron chi connectivity index (χ0n) is 5.31. The summed E-state index contributed by atoms with van der Waals surface area (Å²) in [4.78, 5) is 0. The molecule has 0 saturated heterocycles. The van der Waals surface area contributed by atoms with E-state index in [-0.39, 0.29) is 0 Å². The fourth-order valence-corrected chi connectivity index (χ4v) is 1.20. The number of nitrogens with zero attached hydrogens (tertiary/aromatic N) is 1. The van der Waals surface area contributed by atoms with E-state index >= 15 is 0 Å². The summed E-state index contributed by atoms with van der Waals surface area (Å²) in [6, 6.07) is 0.485. The molecule has 0 spiro atoms. The molecule has 9 heavy (non-hydrogen) atoms. The van der Waals surface area contributed by atoms with Gasteiger partial charge in [-0.2, -0.15) is 5.10 Å². The average molecular weight is 123 g/mol. The lowest BCUT2D eigenvalue weighted by Crippen LogP contribution is -2.07.